The number of methoxy groups -OCH3 is 1. The van der Waals surface area contributed by atoms with E-state index in [2.05, 4.69) is 0 Å². The zero-order valence-electron chi connectivity index (χ0n) is 12.8. The van der Waals surface area contributed by atoms with Gasteiger partial charge in [0.25, 0.3) is 0 Å². The number of ketones is 1. The Kier molecular flexibility index (Phi) is 4.43. The monoisotopic (exact) mass is 303 g/mol. The molecular weight excluding hydrogens is 282 g/mol. The predicted molar refractivity (Wildman–Crippen MR) is 81.2 cm³/mol. The molecule has 3 rings (SSSR count). The minimum atomic E-state index is 0.148. The molecule has 0 unspecified atom stereocenters. The Morgan fingerprint density at radius 3 is 3.05 bits per heavy atom. The van der Waals surface area contributed by atoms with Gasteiger partial charge in [-0.25, -0.2) is 0 Å². The highest BCUT2D eigenvalue weighted by Gasteiger charge is 2.29. The molecule has 0 saturated carbocycles. The number of amides is 1. The lowest BCUT2D eigenvalue weighted by Gasteiger charge is -2.18. The minimum absolute atomic E-state index is 0.148. The highest BCUT2D eigenvalue weighted by Crippen LogP contribution is 2.28. The zero-order valence-corrected chi connectivity index (χ0v) is 12.8. The molecule has 2 aliphatic heterocycles. The molecule has 2 heterocycles. The molecule has 22 heavy (non-hydrogen) atoms. The number of Topliss-reactive ketones (excluding diaryl/α,β-unsaturated/α-hetero) is 1. The van der Waals surface area contributed by atoms with Crippen molar-refractivity contribution in [2.24, 2.45) is 5.92 Å². The molecule has 1 saturated heterocycles. The van der Waals surface area contributed by atoms with Gasteiger partial charge in [-0.2, -0.15) is 0 Å². The average Bonchev–Trinajstić information content (AvgIpc) is 2.85. The number of hydrogen-bond donors (Lipinski definition) is 0. The minimum Gasteiger partial charge on any atom is -0.492 e. The number of carbonyl (C=O) groups excluding carboxylic acids is 2. The molecule has 0 bridgehead atoms. The summed E-state index contributed by atoms with van der Waals surface area (Å²) in [4.78, 5) is 25.6. The number of ether oxygens (including phenoxy) is 2. The predicted octanol–water partition coefficient (Wildman–Crippen LogP) is 1.69. The van der Waals surface area contributed by atoms with Crippen molar-refractivity contribution in [2.75, 3.05) is 33.4 Å². The van der Waals surface area contributed by atoms with Crippen molar-refractivity contribution in [3.8, 4) is 5.75 Å². The van der Waals surface area contributed by atoms with E-state index < -0.39 is 0 Å². The van der Waals surface area contributed by atoms with E-state index in [9.17, 15) is 9.59 Å². The van der Waals surface area contributed by atoms with Crippen molar-refractivity contribution in [3.63, 3.8) is 0 Å². The number of fused-ring (bicyclic) bond motifs is 1. The molecule has 5 nitrogen and oxygen atoms in total. The van der Waals surface area contributed by atoms with Gasteiger partial charge in [-0.15, -0.1) is 0 Å². The van der Waals surface area contributed by atoms with Gasteiger partial charge in [0.15, 0.2) is 5.78 Å². The highest BCUT2D eigenvalue weighted by atomic mass is 16.5. The standard InChI is InChI=1S/C17H21NO4/c1-21-7-5-18-11-13(10-17(18)20)8-12-2-3-14-15(19)4-6-22-16(14)9-12/h2-3,9,13H,4-8,10-11H2,1H3/t13-/m0/s1. The van der Waals surface area contributed by atoms with E-state index in [1.807, 2.05) is 23.1 Å². The van der Waals surface area contributed by atoms with Crippen LogP contribution in [0.25, 0.3) is 0 Å². The van der Waals surface area contributed by atoms with Crippen LogP contribution >= 0.6 is 0 Å². The molecule has 1 amide bonds. The van der Waals surface area contributed by atoms with Gasteiger partial charge in [-0.3, -0.25) is 9.59 Å². The van der Waals surface area contributed by atoms with E-state index >= 15 is 0 Å². The van der Waals surface area contributed by atoms with Crippen LogP contribution in [0.1, 0.15) is 28.8 Å². The maximum absolute atomic E-state index is 12.0. The van der Waals surface area contributed by atoms with Gasteiger partial charge in [0.05, 0.1) is 18.8 Å². The Morgan fingerprint density at radius 1 is 1.36 bits per heavy atom. The molecule has 1 aromatic carbocycles. The van der Waals surface area contributed by atoms with Crippen LogP contribution in [-0.4, -0.2) is 50.0 Å². The van der Waals surface area contributed by atoms with Gasteiger partial charge in [-0.1, -0.05) is 6.07 Å². The quantitative estimate of drug-likeness (QED) is 0.830. The molecule has 0 N–H and O–H groups in total. The van der Waals surface area contributed by atoms with Crippen molar-refractivity contribution in [2.45, 2.75) is 19.3 Å². The Bertz CT molecular complexity index is 584. The first-order valence-corrected chi connectivity index (χ1v) is 7.73. The first-order chi connectivity index (χ1) is 10.7. The lowest BCUT2D eigenvalue weighted by Crippen LogP contribution is -2.28. The second kappa shape index (κ2) is 6.48. The number of benzene rings is 1. The normalized spacial score (nSPS) is 21.0. The number of nitrogens with zero attached hydrogens (tertiary/aromatic N) is 1. The van der Waals surface area contributed by atoms with Crippen molar-refractivity contribution >= 4 is 11.7 Å². The second-order valence-corrected chi connectivity index (χ2v) is 5.96. The third kappa shape index (κ3) is 3.14. The maximum Gasteiger partial charge on any atom is 0.223 e. The summed E-state index contributed by atoms with van der Waals surface area (Å²) < 4.78 is 10.6. The maximum atomic E-state index is 12.0. The van der Waals surface area contributed by atoms with Crippen LogP contribution in [0, 0.1) is 5.92 Å². The van der Waals surface area contributed by atoms with Gasteiger partial charge >= 0.3 is 0 Å². The molecular formula is C17H21NO4. The molecule has 0 aromatic heterocycles. The van der Waals surface area contributed by atoms with E-state index in [0.717, 1.165) is 18.5 Å². The second-order valence-electron chi connectivity index (χ2n) is 5.96. The van der Waals surface area contributed by atoms with Crippen LogP contribution in [0.2, 0.25) is 0 Å². The summed E-state index contributed by atoms with van der Waals surface area (Å²) in [6.45, 7) is 2.47. The van der Waals surface area contributed by atoms with Crippen LogP contribution in [0.15, 0.2) is 18.2 Å². The topological polar surface area (TPSA) is 55.8 Å². The smallest absolute Gasteiger partial charge is 0.223 e. The molecule has 118 valence electrons. The summed E-state index contributed by atoms with van der Waals surface area (Å²) in [6, 6.07) is 5.79. The zero-order chi connectivity index (χ0) is 15.5. The summed E-state index contributed by atoms with van der Waals surface area (Å²) in [5.74, 6) is 1.36. The Morgan fingerprint density at radius 2 is 2.23 bits per heavy atom. The third-order valence-electron chi connectivity index (χ3n) is 4.32. The van der Waals surface area contributed by atoms with E-state index in [0.29, 0.717) is 49.8 Å². The summed E-state index contributed by atoms with van der Waals surface area (Å²) in [5.41, 5.74) is 1.80. The van der Waals surface area contributed by atoms with Gasteiger partial charge in [0, 0.05) is 33.0 Å². The van der Waals surface area contributed by atoms with Crippen LogP contribution < -0.4 is 4.74 Å². The number of carbonyl (C=O) groups is 2. The molecule has 5 heteroatoms. The third-order valence-corrected chi connectivity index (χ3v) is 4.32. The molecule has 1 aromatic rings. The molecule has 0 spiro atoms. The van der Waals surface area contributed by atoms with Crippen molar-refractivity contribution in [3.05, 3.63) is 29.3 Å². The highest BCUT2D eigenvalue weighted by molar-refractivity contribution is 5.99. The molecule has 0 radical (unpaired) electrons. The fourth-order valence-electron chi connectivity index (χ4n) is 3.17. The van der Waals surface area contributed by atoms with E-state index in [1.54, 1.807) is 7.11 Å². The molecule has 2 aliphatic rings. The molecule has 1 fully saturated rings. The summed E-state index contributed by atoms with van der Waals surface area (Å²) in [7, 11) is 1.65. The molecule has 0 aliphatic carbocycles. The van der Waals surface area contributed by atoms with Gasteiger partial charge in [-0.05, 0) is 30.0 Å². The van der Waals surface area contributed by atoms with Crippen molar-refractivity contribution in [1.82, 2.24) is 4.90 Å². The number of rotatable bonds is 5. The van der Waals surface area contributed by atoms with Gasteiger partial charge in [0.1, 0.15) is 5.75 Å². The van der Waals surface area contributed by atoms with E-state index in [-0.39, 0.29) is 11.7 Å². The summed E-state index contributed by atoms with van der Waals surface area (Å²) in [5, 5.41) is 0. The van der Waals surface area contributed by atoms with Crippen molar-refractivity contribution in [1.29, 1.82) is 0 Å². The lowest BCUT2D eigenvalue weighted by atomic mass is 9.95. The van der Waals surface area contributed by atoms with Crippen LogP contribution in [-0.2, 0) is 16.0 Å². The van der Waals surface area contributed by atoms with Crippen molar-refractivity contribution < 1.29 is 19.1 Å². The largest absolute Gasteiger partial charge is 0.492 e. The fraction of sp³-hybridized carbons (Fsp3) is 0.529. The average molecular weight is 303 g/mol. The first kappa shape index (κ1) is 15.0. The Balaban J connectivity index is 1.64. The fourth-order valence-corrected chi connectivity index (χ4v) is 3.17. The molecule has 1 atom stereocenters. The Hall–Kier alpha value is -1.88. The number of hydrogen-bond acceptors (Lipinski definition) is 4. The summed E-state index contributed by atoms with van der Waals surface area (Å²) >= 11 is 0. The van der Waals surface area contributed by atoms with E-state index in [1.165, 1.54) is 0 Å². The van der Waals surface area contributed by atoms with E-state index in [4.69, 9.17) is 9.47 Å². The van der Waals surface area contributed by atoms with Gasteiger partial charge < -0.3 is 14.4 Å². The van der Waals surface area contributed by atoms with Crippen LogP contribution in [0.5, 0.6) is 5.75 Å². The SMILES string of the molecule is COCCN1C[C@@H](Cc2ccc3c(c2)OCCC3=O)CC1=O. The Labute approximate surface area is 130 Å². The number of likely N-dealkylation sites (tertiary alicyclic amines) is 1. The summed E-state index contributed by atoms with van der Waals surface area (Å²) in [6.07, 6.45) is 1.87. The van der Waals surface area contributed by atoms with Crippen LogP contribution in [0.3, 0.4) is 0 Å². The first-order valence-electron chi connectivity index (χ1n) is 7.73. The van der Waals surface area contributed by atoms with Gasteiger partial charge in [0.2, 0.25) is 5.91 Å². The lowest BCUT2D eigenvalue weighted by molar-refractivity contribution is -0.128. The van der Waals surface area contributed by atoms with Crippen LogP contribution in [0.4, 0.5) is 0 Å².